The van der Waals surface area contributed by atoms with Crippen molar-refractivity contribution in [3.8, 4) is 0 Å². The Morgan fingerprint density at radius 3 is 2.67 bits per heavy atom. The Morgan fingerprint density at radius 1 is 1.38 bits per heavy atom. The van der Waals surface area contributed by atoms with E-state index in [4.69, 9.17) is 16.0 Å². The predicted molar refractivity (Wildman–Crippen MR) is 93.6 cm³/mol. The van der Waals surface area contributed by atoms with Gasteiger partial charge in [-0.2, -0.15) is 0 Å². The first kappa shape index (κ1) is 16.3. The van der Waals surface area contributed by atoms with Crippen molar-refractivity contribution < 1.29 is 9.63 Å². The lowest BCUT2D eigenvalue weighted by molar-refractivity contribution is -0.127. The molecule has 1 saturated heterocycles. The molecule has 0 bridgehead atoms. The molecule has 3 N–H and O–H groups in total. The number of carbonyl (C=O) groups excluding carboxylic acids is 1. The monoisotopic (exact) mass is 329 g/mol. The maximum absolute atomic E-state index is 11.3. The van der Waals surface area contributed by atoms with Gasteiger partial charge in [-0.25, -0.2) is 0 Å². The third-order valence-corrected chi connectivity index (χ3v) is 4.47. The largest absolute Gasteiger partial charge is 0.382 e. The quantitative estimate of drug-likeness (QED) is 0.640. The molecule has 3 rings (SSSR count). The highest BCUT2D eigenvalue weighted by Gasteiger charge is 2.28. The summed E-state index contributed by atoms with van der Waals surface area (Å²) in [6.45, 7) is 1.89. The highest BCUT2D eigenvalue weighted by atomic mass is 16.6. The SMILES string of the molecule is CN(C)c1cc(C(=N)N2CCCC2)ccc1C1=NOC(C(N)=O)C1. The topological polar surface area (TPSA) is 95.0 Å². The number of likely N-dealkylation sites (tertiary alicyclic amines) is 1. The van der Waals surface area contributed by atoms with Crippen LogP contribution in [0.2, 0.25) is 0 Å². The van der Waals surface area contributed by atoms with Crippen LogP contribution in [0.1, 0.15) is 30.4 Å². The first-order valence-corrected chi connectivity index (χ1v) is 8.15. The Bertz CT molecular complexity index is 692. The smallest absolute Gasteiger partial charge is 0.261 e. The van der Waals surface area contributed by atoms with Gasteiger partial charge in [-0.05, 0) is 18.9 Å². The number of anilines is 1. The van der Waals surface area contributed by atoms with Gasteiger partial charge >= 0.3 is 0 Å². The molecular formula is C17H23N5O2. The molecule has 128 valence electrons. The maximum atomic E-state index is 11.3. The van der Waals surface area contributed by atoms with E-state index in [0.29, 0.717) is 18.0 Å². The van der Waals surface area contributed by atoms with Crippen molar-refractivity contribution in [3.05, 3.63) is 29.3 Å². The minimum absolute atomic E-state index is 0.374. The van der Waals surface area contributed by atoms with Crippen LogP contribution in [0.4, 0.5) is 5.69 Å². The second-order valence-electron chi connectivity index (χ2n) is 6.41. The van der Waals surface area contributed by atoms with E-state index in [1.165, 1.54) is 0 Å². The van der Waals surface area contributed by atoms with Gasteiger partial charge in [-0.1, -0.05) is 17.3 Å². The Morgan fingerprint density at radius 2 is 2.08 bits per heavy atom. The van der Waals surface area contributed by atoms with E-state index in [-0.39, 0.29) is 0 Å². The Hall–Kier alpha value is -2.57. The lowest BCUT2D eigenvalue weighted by atomic mass is 9.99. The van der Waals surface area contributed by atoms with Crippen LogP contribution >= 0.6 is 0 Å². The summed E-state index contributed by atoms with van der Waals surface area (Å²) < 4.78 is 0. The molecule has 2 aliphatic rings. The summed E-state index contributed by atoms with van der Waals surface area (Å²) in [5, 5.41) is 12.5. The zero-order chi connectivity index (χ0) is 17.3. The molecule has 2 aliphatic heterocycles. The van der Waals surface area contributed by atoms with E-state index in [1.807, 2.05) is 37.2 Å². The van der Waals surface area contributed by atoms with Crippen molar-refractivity contribution >= 4 is 23.1 Å². The molecule has 0 saturated carbocycles. The van der Waals surface area contributed by atoms with Gasteiger partial charge < -0.3 is 20.4 Å². The number of nitrogens with zero attached hydrogens (tertiary/aromatic N) is 3. The highest BCUT2D eigenvalue weighted by molar-refractivity contribution is 6.09. The van der Waals surface area contributed by atoms with Gasteiger partial charge in [0.2, 0.25) is 6.10 Å². The fraction of sp³-hybridized carbons (Fsp3) is 0.471. The fourth-order valence-electron chi connectivity index (χ4n) is 3.11. The van der Waals surface area contributed by atoms with Gasteiger partial charge in [0.05, 0.1) is 5.71 Å². The number of amidine groups is 1. The summed E-state index contributed by atoms with van der Waals surface area (Å²) in [5.41, 5.74) is 8.74. The molecule has 0 spiro atoms. The van der Waals surface area contributed by atoms with Crippen molar-refractivity contribution in [3.63, 3.8) is 0 Å². The molecule has 1 atom stereocenters. The summed E-state index contributed by atoms with van der Waals surface area (Å²) >= 11 is 0. The lowest BCUT2D eigenvalue weighted by Crippen LogP contribution is -2.29. The highest BCUT2D eigenvalue weighted by Crippen LogP contribution is 2.27. The van der Waals surface area contributed by atoms with Gasteiger partial charge in [-0.15, -0.1) is 0 Å². The van der Waals surface area contributed by atoms with Crippen LogP contribution in [0.3, 0.4) is 0 Å². The zero-order valence-corrected chi connectivity index (χ0v) is 14.1. The lowest BCUT2D eigenvalue weighted by Gasteiger charge is -2.22. The molecule has 2 heterocycles. The molecule has 0 radical (unpaired) electrons. The van der Waals surface area contributed by atoms with E-state index in [1.54, 1.807) is 0 Å². The van der Waals surface area contributed by atoms with Crippen molar-refractivity contribution in [1.29, 1.82) is 5.41 Å². The molecule has 1 unspecified atom stereocenters. The van der Waals surface area contributed by atoms with E-state index in [0.717, 1.165) is 42.7 Å². The Balaban J connectivity index is 1.88. The molecule has 1 amide bonds. The molecule has 1 aromatic rings. The first-order valence-electron chi connectivity index (χ1n) is 8.15. The molecule has 1 aromatic carbocycles. The number of hydrogen-bond donors (Lipinski definition) is 2. The van der Waals surface area contributed by atoms with Gasteiger partial charge in [0, 0.05) is 50.4 Å². The summed E-state index contributed by atoms with van der Waals surface area (Å²) in [6.07, 6.45) is 1.96. The standard InChI is InChI=1S/C17H23N5O2/c1-21(2)14-9-11(16(18)22-7-3-4-8-22)5-6-12(14)13-10-15(17(19)23)24-20-13/h5-6,9,15,18H,3-4,7-8,10H2,1-2H3,(H2,19,23). The third kappa shape index (κ3) is 3.06. The van der Waals surface area contributed by atoms with Crippen LogP contribution in [0.25, 0.3) is 0 Å². The van der Waals surface area contributed by atoms with Crippen LogP contribution in [0.15, 0.2) is 23.4 Å². The van der Waals surface area contributed by atoms with Crippen molar-refractivity contribution in [2.75, 3.05) is 32.1 Å². The number of nitrogens with two attached hydrogens (primary N) is 1. The molecule has 7 nitrogen and oxygen atoms in total. The maximum Gasteiger partial charge on any atom is 0.261 e. The third-order valence-electron chi connectivity index (χ3n) is 4.47. The predicted octanol–water partition coefficient (Wildman–Crippen LogP) is 1.15. The van der Waals surface area contributed by atoms with E-state index >= 15 is 0 Å². The number of amides is 1. The Kier molecular flexibility index (Phi) is 4.42. The second-order valence-corrected chi connectivity index (χ2v) is 6.41. The second kappa shape index (κ2) is 6.51. The number of benzene rings is 1. The minimum Gasteiger partial charge on any atom is -0.382 e. The molecule has 7 heteroatoms. The molecular weight excluding hydrogens is 306 g/mol. The summed E-state index contributed by atoms with van der Waals surface area (Å²) in [5.74, 6) is 0.0503. The zero-order valence-electron chi connectivity index (χ0n) is 14.1. The number of hydrogen-bond acceptors (Lipinski definition) is 5. The molecule has 1 fully saturated rings. The van der Waals surface area contributed by atoms with Crippen molar-refractivity contribution in [2.45, 2.75) is 25.4 Å². The van der Waals surface area contributed by atoms with Crippen molar-refractivity contribution in [1.82, 2.24) is 4.90 Å². The number of nitrogens with one attached hydrogen (secondary N) is 1. The average Bonchev–Trinajstić information content (AvgIpc) is 3.25. The van der Waals surface area contributed by atoms with Crippen LogP contribution in [-0.2, 0) is 9.63 Å². The number of oxime groups is 1. The van der Waals surface area contributed by atoms with Crippen molar-refractivity contribution in [2.24, 2.45) is 10.9 Å². The summed E-state index contributed by atoms with van der Waals surface area (Å²) in [6, 6.07) is 5.88. The van der Waals surface area contributed by atoms with Crippen LogP contribution in [0.5, 0.6) is 0 Å². The molecule has 0 aromatic heterocycles. The van der Waals surface area contributed by atoms with Crippen LogP contribution < -0.4 is 10.6 Å². The van der Waals surface area contributed by atoms with Gasteiger partial charge in [0.1, 0.15) is 5.84 Å². The van der Waals surface area contributed by atoms with Crippen LogP contribution in [0, 0.1) is 5.41 Å². The van der Waals surface area contributed by atoms with Gasteiger partial charge in [0.25, 0.3) is 5.91 Å². The number of rotatable bonds is 4. The normalized spacial score (nSPS) is 19.8. The first-order chi connectivity index (χ1) is 11.5. The average molecular weight is 329 g/mol. The van der Waals surface area contributed by atoms with Gasteiger partial charge in [-0.3, -0.25) is 10.2 Å². The molecule has 24 heavy (non-hydrogen) atoms. The van der Waals surface area contributed by atoms with E-state index in [2.05, 4.69) is 10.1 Å². The fourth-order valence-corrected chi connectivity index (χ4v) is 3.11. The summed E-state index contributed by atoms with van der Waals surface area (Å²) in [4.78, 5) is 20.5. The minimum atomic E-state index is -0.697. The number of carbonyl (C=O) groups is 1. The Labute approximate surface area is 141 Å². The molecule has 0 aliphatic carbocycles. The number of primary amides is 1. The summed E-state index contributed by atoms with van der Waals surface area (Å²) in [7, 11) is 3.90. The van der Waals surface area contributed by atoms with Crippen LogP contribution in [-0.4, -0.2) is 55.6 Å². The van der Waals surface area contributed by atoms with Gasteiger partial charge in [0.15, 0.2) is 0 Å². The van der Waals surface area contributed by atoms with E-state index < -0.39 is 12.0 Å². The van der Waals surface area contributed by atoms with E-state index in [9.17, 15) is 4.79 Å².